The van der Waals surface area contributed by atoms with Gasteiger partial charge in [0.05, 0.1) is 17.1 Å². The zero-order chi connectivity index (χ0) is 22.7. The summed E-state index contributed by atoms with van der Waals surface area (Å²) in [6.45, 7) is 3.89. The van der Waals surface area contributed by atoms with Gasteiger partial charge in [0.2, 0.25) is 0 Å². The van der Waals surface area contributed by atoms with E-state index in [0.717, 1.165) is 21.2 Å². The van der Waals surface area contributed by atoms with Crippen molar-refractivity contribution in [2.24, 2.45) is 0 Å². The van der Waals surface area contributed by atoms with Crippen molar-refractivity contribution in [2.75, 3.05) is 16.8 Å². The van der Waals surface area contributed by atoms with Crippen molar-refractivity contribution in [1.82, 2.24) is 9.97 Å². The first-order valence-corrected chi connectivity index (χ1v) is 13.7. The summed E-state index contributed by atoms with van der Waals surface area (Å²) in [4.78, 5) is 23.6. The van der Waals surface area contributed by atoms with Gasteiger partial charge in [-0.1, -0.05) is 12.1 Å². The van der Waals surface area contributed by atoms with Crippen molar-refractivity contribution in [3.05, 3.63) is 71.5 Å². The van der Waals surface area contributed by atoms with Crippen LogP contribution in [0, 0.1) is 13.8 Å². The van der Waals surface area contributed by atoms with Crippen LogP contribution in [0.25, 0.3) is 0 Å². The Kier molecular flexibility index (Phi) is 6.88. The van der Waals surface area contributed by atoms with E-state index in [0.29, 0.717) is 22.8 Å². The topological polar surface area (TPSA) is 89.0 Å². The monoisotopic (exact) mass is 485 g/mol. The summed E-state index contributed by atoms with van der Waals surface area (Å²) in [6.07, 6.45) is 0.617. The number of aryl methyl sites for hydroxylation is 2. The van der Waals surface area contributed by atoms with E-state index in [-0.39, 0.29) is 22.7 Å². The first kappa shape index (κ1) is 22.8. The van der Waals surface area contributed by atoms with Gasteiger partial charge < -0.3 is 5.32 Å². The summed E-state index contributed by atoms with van der Waals surface area (Å²) in [6, 6.07) is 16.8. The molecule has 1 fully saturated rings. The van der Waals surface area contributed by atoms with Crippen LogP contribution in [0.4, 0.5) is 5.69 Å². The maximum absolute atomic E-state index is 12.9. The number of thioether (sulfide) groups is 1. The number of amides is 1. The van der Waals surface area contributed by atoms with E-state index in [1.54, 1.807) is 6.07 Å². The highest BCUT2D eigenvalue weighted by Gasteiger charge is 2.29. The number of carbonyl (C=O) groups is 1. The molecule has 1 aliphatic rings. The van der Waals surface area contributed by atoms with Gasteiger partial charge in [-0.25, -0.2) is 18.4 Å². The molecule has 1 aliphatic heterocycles. The molecule has 1 atom stereocenters. The van der Waals surface area contributed by atoms with Gasteiger partial charge in [-0.3, -0.25) is 4.79 Å². The van der Waals surface area contributed by atoms with Crippen LogP contribution in [-0.4, -0.2) is 41.0 Å². The fraction of sp³-hybridized carbons (Fsp3) is 0.261. The molecule has 1 amide bonds. The largest absolute Gasteiger partial charge is 0.322 e. The summed E-state index contributed by atoms with van der Waals surface area (Å²) in [7, 11) is -2.96. The number of hydrogen-bond acceptors (Lipinski definition) is 7. The van der Waals surface area contributed by atoms with Crippen LogP contribution >= 0.6 is 23.5 Å². The van der Waals surface area contributed by atoms with E-state index in [4.69, 9.17) is 0 Å². The number of rotatable bonds is 6. The molecular weight excluding hydrogens is 462 g/mol. The van der Waals surface area contributed by atoms with Gasteiger partial charge in [0, 0.05) is 32.1 Å². The van der Waals surface area contributed by atoms with E-state index in [1.807, 2.05) is 62.4 Å². The number of anilines is 1. The molecule has 0 aliphatic carbocycles. The Labute approximate surface area is 196 Å². The molecule has 2 heterocycles. The average Bonchev–Trinajstić information content (AvgIpc) is 3.07. The summed E-state index contributed by atoms with van der Waals surface area (Å²) in [5.41, 5.74) is 3.08. The number of hydrogen-bond donors (Lipinski definition) is 1. The molecule has 2 aromatic carbocycles. The van der Waals surface area contributed by atoms with Crippen molar-refractivity contribution in [2.45, 2.75) is 40.5 Å². The predicted molar refractivity (Wildman–Crippen MR) is 129 cm³/mol. The third-order valence-corrected chi connectivity index (χ3v) is 9.10. The molecule has 0 radical (unpaired) electrons. The fourth-order valence-corrected chi connectivity index (χ4v) is 7.93. The Hall–Kier alpha value is -2.36. The second-order valence-corrected chi connectivity index (χ2v) is 12.3. The van der Waals surface area contributed by atoms with E-state index in [1.165, 1.54) is 23.5 Å². The summed E-state index contributed by atoms with van der Waals surface area (Å²) in [5.74, 6) is 0.167. The molecule has 9 heteroatoms. The van der Waals surface area contributed by atoms with Crippen molar-refractivity contribution in [3.63, 3.8) is 0 Å². The normalized spacial score (nSPS) is 17.2. The van der Waals surface area contributed by atoms with E-state index in [2.05, 4.69) is 15.3 Å². The molecule has 0 saturated carbocycles. The highest BCUT2D eigenvalue weighted by molar-refractivity contribution is 8.02. The quantitative estimate of drug-likeness (QED) is 0.503. The third-order valence-electron chi connectivity index (χ3n) is 4.90. The summed E-state index contributed by atoms with van der Waals surface area (Å²) >= 11 is 2.94. The van der Waals surface area contributed by atoms with Crippen molar-refractivity contribution < 1.29 is 13.2 Å². The van der Waals surface area contributed by atoms with Crippen molar-refractivity contribution >= 4 is 45.0 Å². The average molecular weight is 486 g/mol. The van der Waals surface area contributed by atoms with Crippen molar-refractivity contribution in [1.29, 1.82) is 0 Å². The maximum atomic E-state index is 12.9. The third kappa shape index (κ3) is 5.90. The minimum Gasteiger partial charge on any atom is -0.322 e. The molecule has 166 valence electrons. The van der Waals surface area contributed by atoms with E-state index >= 15 is 0 Å². The number of aromatic nitrogens is 2. The van der Waals surface area contributed by atoms with E-state index in [9.17, 15) is 13.2 Å². The van der Waals surface area contributed by atoms with Gasteiger partial charge >= 0.3 is 0 Å². The van der Waals surface area contributed by atoms with Gasteiger partial charge in [0.25, 0.3) is 5.91 Å². The molecule has 4 rings (SSSR count). The minimum atomic E-state index is -2.96. The first-order chi connectivity index (χ1) is 15.3. The number of nitrogens with zero attached hydrogens (tertiary/aromatic N) is 2. The molecule has 3 aromatic rings. The van der Waals surface area contributed by atoms with Gasteiger partial charge in [-0.2, -0.15) is 0 Å². The number of benzene rings is 2. The second-order valence-electron chi connectivity index (χ2n) is 7.65. The molecular formula is C23H23N3O3S3. The molecule has 1 saturated heterocycles. The summed E-state index contributed by atoms with van der Waals surface area (Å²) in [5, 5.41) is 3.62. The zero-order valence-corrected chi connectivity index (χ0v) is 20.2. The highest BCUT2D eigenvalue weighted by Crippen LogP contribution is 2.33. The van der Waals surface area contributed by atoms with Crippen LogP contribution in [0.2, 0.25) is 0 Å². The van der Waals surface area contributed by atoms with Gasteiger partial charge in [-0.05, 0) is 74.5 Å². The number of sulfone groups is 1. The molecule has 0 bridgehead atoms. The van der Waals surface area contributed by atoms with Crippen molar-refractivity contribution in [3.8, 4) is 0 Å². The predicted octanol–water partition coefficient (Wildman–Crippen LogP) is 4.78. The minimum absolute atomic E-state index is 0.0160. The Balaban J connectivity index is 1.43. The van der Waals surface area contributed by atoms with Crippen LogP contribution < -0.4 is 5.32 Å². The Morgan fingerprint density at radius 3 is 2.38 bits per heavy atom. The highest BCUT2D eigenvalue weighted by atomic mass is 32.2. The van der Waals surface area contributed by atoms with Gasteiger partial charge in [0.15, 0.2) is 15.0 Å². The van der Waals surface area contributed by atoms with Gasteiger partial charge in [-0.15, -0.1) is 11.8 Å². The number of nitrogens with one attached hydrogen (secondary N) is 1. The lowest BCUT2D eigenvalue weighted by Crippen LogP contribution is -2.14. The lowest BCUT2D eigenvalue weighted by molar-refractivity contribution is 0.102. The molecule has 32 heavy (non-hydrogen) atoms. The smallest absolute Gasteiger partial charge is 0.256 e. The molecule has 6 nitrogen and oxygen atoms in total. The fourth-order valence-electron chi connectivity index (χ4n) is 3.44. The standard InChI is InChI=1S/C23H23N3O3S3/c1-15-13-16(2)25-23(24-15)31-18-9-7-17(8-10-18)26-22(27)20-5-3-4-6-21(20)30-19-11-12-32(28,29)14-19/h3-10,13,19H,11-12,14H2,1-2H3,(H,26,27). The van der Waals surface area contributed by atoms with Crippen LogP contribution in [0.15, 0.2) is 69.5 Å². The Morgan fingerprint density at radius 1 is 1.03 bits per heavy atom. The maximum Gasteiger partial charge on any atom is 0.256 e. The Bertz CT molecular complexity index is 1220. The summed E-state index contributed by atoms with van der Waals surface area (Å²) < 4.78 is 23.5. The van der Waals surface area contributed by atoms with Gasteiger partial charge in [0.1, 0.15) is 0 Å². The lowest BCUT2D eigenvalue weighted by atomic mass is 10.2. The molecule has 1 unspecified atom stereocenters. The van der Waals surface area contributed by atoms with Crippen LogP contribution in [0.3, 0.4) is 0 Å². The number of carbonyl (C=O) groups excluding carboxylic acids is 1. The van der Waals surface area contributed by atoms with Crippen LogP contribution in [0.1, 0.15) is 28.2 Å². The van der Waals surface area contributed by atoms with Crippen LogP contribution in [-0.2, 0) is 9.84 Å². The first-order valence-electron chi connectivity index (χ1n) is 10.1. The SMILES string of the molecule is Cc1cc(C)nc(Sc2ccc(NC(=O)c3ccccc3SC3CCS(=O)(=O)C3)cc2)n1. The van der Waals surface area contributed by atoms with E-state index < -0.39 is 9.84 Å². The zero-order valence-electron chi connectivity index (χ0n) is 17.7. The lowest BCUT2D eigenvalue weighted by Gasteiger charge is -2.13. The molecule has 1 aromatic heterocycles. The second kappa shape index (κ2) is 9.64. The molecule has 1 N–H and O–H groups in total. The molecule has 0 spiro atoms. The van der Waals surface area contributed by atoms with Crippen LogP contribution in [0.5, 0.6) is 0 Å². The Morgan fingerprint density at radius 2 is 1.72 bits per heavy atom.